The molecule has 5 heteroatoms. The van der Waals surface area contributed by atoms with Crippen LogP contribution in [0.5, 0.6) is 0 Å². The number of thioether (sulfide) groups is 1. The molecule has 0 bridgehead atoms. The van der Waals surface area contributed by atoms with Crippen molar-refractivity contribution in [2.45, 2.75) is 6.54 Å². The fourth-order valence-corrected chi connectivity index (χ4v) is 2.80. The average molecular weight is 244 g/mol. The second-order valence-corrected chi connectivity index (χ2v) is 5.08. The first-order chi connectivity index (χ1) is 7.31. The van der Waals surface area contributed by atoms with Gasteiger partial charge < -0.3 is 10.6 Å². The number of nitrogens with two attached hydrogens (primary N) is 1. The lowest BCUT2D eigenvalue weighted by molar-refractivity contribution is 0.837. The van der Waals surface area contributed by atoms with Crippen molar-refractivity contribution >= 4 is 29.2 Å². The van der Waals surface area contributed by atoms with E-state index in [2.05, 4.69) is 9.88 Å². The first-order valence-corrected chi connectivity index (χ1v) is 6.51. The van der Waals surface area contributed by atoms with Crippen molar-refractivity contribution in [2.75, 3.05) is 29.5 Å². The van der Waals surface area contributed by atoms with E-state index in [9.17, 15) is 0 Å². The van der Waals surface area contributed by atoms with Crippen molar-refractivity contribution in [1.82, 2.24) is 4.98 Å². The molecule has 1 aromatic rings. The molecule has 0 aromatic carbocycles. The highest BCUT2D eigenvalue weighted by Crippen LogP contribution is 2.26. The number of hydrogen-bond donors (Lipinski definition) is 1. The Morgan fingerprint density at radius 3 is 2.80 bits per heavy atom. The Hall–Kier alpha value is -0.450. The molecule has 1 fully saturated rings. The van der Waals surface area contributed by atoms with Gasteiger partial charge in [-0.05, 0) is 11.6 Å². The molecule has 1 aliphatic rings. The minimum absolute atomic E-state index is 0.489. The third-order valence-electron chi connectivity index (χ3n) is 2.42. The molecule has 2 heterocycles. The first-order valence-electron chi connectivity index (χ1n) is 4.98. The summed E-state index contributed by atoms with van der Waals surface area (Å²) in [6.07, 6.45) is 1.81. The van der Waals surface area contributed by atoms with Crippen molar-refractivity contribution in [2.24, 2.45) is 5.73 Å². The van der Waals surface area contributed by atoms with Gasteiger partial charge in [-0.25, -0.2) is 4.98 Å². The van der Waals surface area contributed by atoms with Gasteiger partial charge in [-0.1, -0.05) is 11.6 Å². The number of nitrogens with zero attached hydrogens (tertiary/aromatic N) is 2. The van der Waals surface area contributed by atoms with Crippen LogP contribution in [0.1, 0.15) is 5.56 Å². The number of anilines is 1. The Morgan fingerprint density at radius 1 is 1.47 bits per heavy atom. The molecule has 1 saturated heterocycles. The van der Waals surface area contributed by atoms with E-state index in [4.69, 9.17) is 17.3 Å². The molecule has 2 N–H and O–H groups in total. The van der Waals surface area contributed by atoms with Crippen LogP contribution >= 0.6 is 23.4 Å². The van der Waals surface area contributed by atoms with Gasteiger partial charge in [0.15, 0.2) is 0 Å². The van der Waals surface area contributed by atoms with E-state index in [1.165, 1.54) is 0 Å². The Kier molecular flexibility index (Phi) is 3.72. The Bertz CT molecular complexity index is 339. The molecule has 2 rings (SSSR count). The number of halogens is 1. The van der Waals surface area contributed by atoms with Crippen LogP contribution in [0.4, 0.5) is 5.82 Å². The molecule has 0 atom stereocenters. The van der Waals surface area contributed by atoms with Crippen LogP contribution in [0, 0.1) is 0 Å². The predicted octanol–water partition coefficient (Wildman–Crippen LogP) is 1.75. The molecule has 0 spiro atoms. The van der Waals surface area contributed by atoms with E-state index in [-0.39, 0.29) is 0 Å². The van der Waals surface area contributed by atoms with Crippen molar-refractivity contribution < 1.29 is 0 Å². The van der Waals surface area contributed by atoms with Crippen LogP contribution in [0.2, 0.25) is 5.02 Å². The Balaban J connectivity index is 2.19. The van der Waals surface area contributed by atoms with Crippen LogP contribution < -0.4 is 10.6 Å². The maximum absolute atomic E-state index is 6.17. The van der Waals surface area contributed by atoms with Crippen LogP contribution in [0.15, 0.2) is 12.3 Å². The van der Waals surface area contributed by atoms with Crippen molar-refractivity contribution in [3.8, 4) is 0 Å². The molecule has 0 amide bonds. The first kappa shape index (κ1) is 11.0. The van der Waals surface area contributed by atoms with Gasteiger partial charge in [-0.15, -0.1) is 0 Å². The zero-order valence-corrected chi connectivity index (χ0v) is 10.0. The summed E-state index contributed by atoms with van der Waals surface area (Å²) in [6.45, 7) is 2.54. The van der Waals surface area contributed by atoms with Crippen LogP contribution in [0.25, 0.3) is 0 Å². The summed E-state index contributed by atoms with van der Waals surface area (Å²) in [5.41, 5.74) is 6.51. The third-order valence-corrected chi connectivity index (χ3v) is 3.65. The summed E-state index contributed by atoms with van der Waals surface area (Å²) in [5.74, 6) is 3.20. The summed E-state index contributed by atoms with van der Waals surface area (Å²) in [6, 6.07) is 1.91. The molecular formula is C10H14ClN3S. The predicted molar refractivity (Wildman–Crippen MR) is 66.7 cm³/mol. The number of rotatable bonds is 2. The lowest BCUT2D eigenvalue weighted by Gasteiger charge is -2.28. The molecule has 0 aliphatic carbocycles. The number of pyridine rings is 1. The Labute approximate surface area is 99.0 Å². The standard InChI is InChI=1S/C10H14ClN3S/c11-9-5-8(6-12)7-13-10(9)14-1-3-15-4-2-14/h5,7H,1-4,6,12H2. The highest BCUT2D eigenvalue weighted by Gasteiger charge is 2.15. The molecule has 0 unspecified atom stereocenters. The molecular weight excluding hydrogens is 230 g/mol. The fraction of sp³-hybridized carbons (Fsp3) is 0.500. The van der Waals surface area contributed by atoms with Gasteiger partial charge in [0.25, 0.3) is 0 Å². The highest BCUT2D eigenvalue weighted by molar-refractivity contribution is 7.99. The molecule has 1 aromatic heterocycles. The molecule has 0 saturated carbocycles. The third kappa shape index (κ3) is 2.56. The minimum Gasteiger partial charge on any atom is -0.354 e. The topological polar surface area (TPSA) is 42.1 Å². The SMILES string of the molecule is NCc1cnc(N2CCSCC2)c(Cl)c1. The maximum Gasteiger partial charge on any atom is 0.147 e. The van der Waals surface area contributed by atoms with Crippen LogP contribution in [0.3, 0.4) is 0 Å². The number of aromatic nitrogens is 1. The van der Waals surface area contributed by atoms with Crippen LogP contribution in [-0.4, -0.2) is 29.6 Å². The normalized spacial score (nSPS) is 16.8. The second-order valence-electron chi connectivity index (χ2n) is 3.45. The van der Waals surface area contributed by atoms with E-state index in [0.29, 0.717) is 11.6 Å². The molecule has 1 aliphatic heterocycles. The molecule has 3 nitrogen and oxygen atoms in total. The number of hydrogen-bond acceptors (Lipinski definition) is 4. The Morgan fingerprint density at radius 2 is 2.20 bits per heavy atom. The lowest BCUT2D eigenvalue weighted by Crippen LogP contribution is -2.33. The van der Waals surface area contributed by atoms with Crippen molar-refractivity contribution in [1.29, 1.82) is 0 Å². The van der Waals surface area contributed by atoms with Gasteiger partial charge >= 0.3 is 0 Å². The van der Waals surface area contributed by atoms with Gasteiger partial charge in [0, 0.05) is 37.3 Å². The average Bonchev–Trinajstić information content (AvgIpc) is 2.30. The molecule has 15 heavy (non-hydrogen) atoms. The summed E-state index contributed by atoms with van der Waals surface area (Å²) >= 11 is 8.15. The van der Waals surface area contributed by atoms with E-state index in [1.54, 1.807) is 0 Å². The fourth-order valence-electron chi connectivity index (χ4n) is 1.59. The summed E-state index contributed by atoms with van der Waals surface area (Å²) in [4.78, 5) is 6.61. The van der Waals surface area contributed by atoms with Gasteiger partial charge in [0.05, 0.1) is 5.02 Å². The van der Waals surface area contributed by atoms with Crippen LogP contribution in [-0.2, 0) is 6.54 Å². The zero-order valence-electron chi connectivity index (χ0n) is 8.45. The zero-order chi connectivity index (χ0) is 10.7. The molecule has 0 radical (unpaired) electrons. The summed E-state index contributed by atoms with van der Waals surface area (Å²) < 4.78 is 0. The van der Waals surface area contributed by atoms with Crippen molar-refractivity contribution in [3.05, 3.63) is 22.8 Å². The highest BCUT2D eigenvalue weighted by atomic mass is 35.5. The second kappa shape index (κ2) is 5.05. The van der Waals surface area contributed by atoms with Gasteiger partial charge in [0.2, 0.25) is 0 Å². The van der Waals surface area contributed by atoms with E-state index >= 15 is 0 Å². The van der Waals surface area contributed by atoms with E-state index < -0.39 is 0 Å². The quantitative estimate of drug-likeness (QED) is 0.860. The monoisotopic (exact) mass is 243 g/mol. The van der Waals surface area contributed by atoms with E-state index in [0.717, 1.165) is 36.0 Å². The smallest absolute Gasteiger partial charge is 0.147 e. The minimum atomic E-state index is 0.489. The lowest BCUT2D eigenvalue weighted by atomic mass is 10.3. The van der Waals surface area contributed by atoms with Crippen molar-refractivity contribution in [3.63, 3.8) is 0 Å². The molecule has 82 valence electrons. The maximum atomic E-state index is 6.17. The van der Waals surface area contributed by atoms with E-state index in [1.807, 2.05) is 24.0 Å². The van der Waals surface area contributed by atoms with Gasteiger partial charge in [-0.2, -0.15) is 11.8 Å². The summed E-state index contributed by atoms with van der Waals surface area (Å²) in [5, 5.41) is 0.713. The largest absolute Gasteiger partial charge is 0.354 e. The summed E-state index contributed by atoms with van der Waals surface area (Å²) in [7, 11) is 0. The van der Waals surface area contributed by atoms with Gasteiger partial charge in [-0.3, -0.25) is 0 Å². The van der Waals surface area contributed by atoms with Gasteiger partial charge in [0.1, 0.15) is 5.82 Å².